The van der Waals surface area contributed by atoms with Gasteiger partial charge >= 0.3 is 5.97 Å². The highest BCUT2D eigenvalue weighted by Crippen LogP contribution is 2.29. The first-order valence-corrected chi connectivity index (χ1v) is 9.52. The molecule has 9 nitrogen and oxygen atoms in total. The van der Waals surface area contributed by atoms with Crippen molar-refractivity contribution in [3.8, 4) is 11.5 Å². The summed E-state index contributed by atoms with van der Waals surface area (Å²) in [5.74, 6) is -0.421. The van der Waals surface area contributed by atoms with Gasteiger partial charge in [0, 0.05) is 11.3 Å². The van der Waals surface area contributed by atoms with Crippen LogP contribution in [0.4, 0.5) is 5.69 Å². The number of carbonyl (C=O) groups excluding carboxylic acids is 2. The second-order valence-electron chi connectivity index (χ2n) is 5.70. The van der Waals surface area contributed by atoms with Gasteiger partial charge in [-0.3, -0.25) is 4.79 Å². The molecule has 0 unspecified atom stereocenters. The minimum absolute atomic E-state index is 0.0841. The molecule has 0 saturated heterocycles. The van der Waals surface area contributed by atoms with E-state index in [9.17, 15) is 18.0 Å². The van der Waals surface area contributed by atoms with E-state index in [1.165, 1.54) is 50.6 Å². The van der Waals surface area contributed by atoms with Crippen LogP contribution in [0.25, 0.3) is 0 Å². The fourth-order valence-electron chi connectivity index (χ4n) is 2.34. The molecule has 2 aromatic rings. The van der Waals surface area contributed by atoms with Crippen LogP contribution in [0.3, 0.4) is 0 Å². The highest BCUT2D eigenvalue weighted by atomic mass is 32.2. The van der Waals surface area contributed by atoms with Gasteiger partial charge in [-0.15, -0.1) is 0 Å². The van der Waals surface area contributed by atoms with Gasteiger partial charge in [0.25, 0.3) is 5.91 Å². The predicted octanol–water partition coefficient (Wildman–Crippen LogP) is 1.46. The monoisotopic (exact) mass is 408 g/mol. The molecule has 0 saturated carbocycles. The van der Waals surface area contributed by atoms with Crippen LogP contribution in [0.2, 0.25) is 0 Å². The van der Waals surface area contributed by atoms with Gasteiger partial charge in [-0.2, -0.15) is 0 Å². The normalized spacial score (nSPS) is 10.9. The lowest BCUT2D eigenvalue weighted by Crippen LogP contribution is -2.21. The molecule has 0 aliphatic carbocycles. The summed E-state index contributed by atoms with van der Waals surface area (Å²) in [7, 11) is -0.890. The van der Waals surface area contributed by atoms with Crippen molar-refractivity contribution >= 4 is 27.6 Å². The van der Waals surface area contributed by atoms with Gasteiger partial charge in [0.2, 0.25) is 10.0 Å². The van der Waals surface area contributed by atoms with Gasteiger partial charge in [-0.1, -0.05) is 0 Å². The van der Waals surface area contributed by atoms with E-state index in [0.29, 0.717) is 17.2 Å². The average Bonchev–Trinajstić information content (AvgIpc) is 2.66. The number of sulfonamides is 1. The molecule has 3 N–H and O–H groups in total. The zero-order valence-corrected chi connectivity index (χ0v) is 16.3. The second-order valence-corrected chi connectivity index (χ2v) is 7.26. The van der Waals surface area contributed by atoms with Gasteiger partial charge in [0.1, 0.15) is 11.5 Å². The van der Waals surface area contributed by atoms with Crippen molar-refractivity contribution in [1.82, 2.24) is 0 Å². The van der Waals surface area contributed by atoms with Crippen molar-refractivity contribution in [1.29, 1.82) is 0 Å². The molecule has 0 fully saturated rings. The minimum atomic E-state index is -3.82. The van der Waals surface area contributed by atoms with Gasteiger partial charge in [0.05, 0.1) is 24.7 Å². The first-order valence-electron chi connectivity index (χ1n) is 7.98. The van der Waals surface area contributed by atoms with Crippen molar-refractivity contribution in [2.75, 3.05) is 26.1 Å². The predicted molar refractivity (Wildman–Crippen MR) is 101 cm³/mol. The number of ether oxygens (including phenoxy) is 3. The van der Waals surface area contributed by atoms with Gasteiger partial charge < -0.3 is 19.5 Å². The number of methoxy groups -OCH3 is 2. The fourth-order valence-corrected chi connectivity index (χ4v) is 2.86. The zero-order chi connectivity index (χ0) is 20.9. The van der Waals surface area contributed by atoms with Crippen molar-refractivity contribution in [3.63, 3.8) is 0 Å². The van der Waals surface area contributed by atoms with E-state index in [1.54, 1.807) is 6.92 Å². The molecular formula is C18H20N2O7S. The molecule has 2 aromatic carbocycles. The highest BCUT2D eigenvalue weighted by molar-refractivity contribution is 7.89. The van der Waals surface area contributed by atoms with Crippen molar-refractivity contribution < 1.29 is 32.2 Å². The third-order valence-electron chi connectivity index (χ3n) is 3.79. The number of rotatable bonds is 7. The van der Waals surface area contributed by atoms with Gasteiger partial charge in [0.15, 0.2) is 6.61 Å². The van der Waals surface area contributed by atoms with E-state index in [1.807, 2.05) is 0 Å². The molecule has 0 heterocycles. The summed E-state index contributed by atoms with van der Waals surface area (Å²) in [6.07, 6.45) is 0. The van der Waals surface area contributed by atoms with Crippen LogP contribution in [0.15, 0.2) is 41.3 Å². The van der Waals surface area contributed by atoms with Crippen LogP contribution in [0, 0.1) is 6.92 Å². The summed E-state index contributed by atoms with van der Waals surface area (Å²) < 4.78 is 37.8. The first kappa shape index (κ1) is 21.2. The number of primary sulfonamides is 1. The summed E-state index contributed by atoms with van der Waals surface area (Å²) in [6, 6.07) is 8.22. The van der Waals surface area contributed by atoms with E-state index >= 15 is 0 Å². The zero-order valence-electron chi connectivity index (χ0n) is 15.5. The number of amides is 1. The Morgan fingerprint density at radius 3 is 2.04 bits per heavy atom. The van der Waals surface area contributed by atoms with Crippen LogP contribution in [0.1, 0.15) is 15.9 Å². The maximum Gasteiger partial charge on any atom is 0.338 e. The molecule has 0 aliphatic rings. The standard InChI is InChI=1S/C18H20N2O7S/c1-11-15(25-2)8-12(9-16(11)26-3)18(22)27-10-17(21)20-13-4-6-14(7-5-13)28(19,23)24/h4-9H,10H2,1-3H3,(H,20,21)(H2,19,23,24). The number of hydrogen-bond donors (Lipinski definition) is 2. The SMILES string of the molecule is COc1cc(C(=O)OCC(=O)Nc2ccc(S(N)(=O)=O)cc2)cc(OC)c1C. The number of nitrogens with one attached hydrogen (secondary N) is 1. The molecule has 0 aliphatic heterocycles. The third kappa shape index (κ3) is 5.21. The number of anilines is 1. The molecule has 0 radical (unpaired) electrons. The maximum atomic E-state index is 12.2. The lowest BCUT2D eigenvalue weighted by atomic mass is 10.1. The molecule has 0 aromatic heterocycles. The second kappa shape index (κ2) is 8.72. The lowest BCUT2D eigenvalue weighted by Gasteiger charge is -2.12. The lowest BCUT2D eigenvalue weighted by molar-refractivity contribution is -0.119. The number of hydrogen-bond acceptors (Lipinski definition) is 7. The Kier molecular flexibility index (Phi) is 6.60. The molecule has 2 rings (SSSR count). The largest absolute Gasteiger partial charge is 0.496 e. The van der Waals surface area contributed by atoms with E-state index in [2.05, 4.69) is 5.32 Å². The highest BCUT2D eigenvalue weighted by Gasteiger charge is 2.16. The van der Waals surface area contributed by atoms with E-state index in [-0.39, 0.29) is 10.5 Å². The number of carbonyl (C=O) groups is 2. The summed E-state index contributed by atoms with van der Waals surface area (Å²) in [4.78, 5) is 24.1. The molecule has 0 atom stereocenters. The Labute approximate surface area is 162 Å². The van der Waals surface area contributed by atoms with E-state index < -0.39 is 28.5 Å². The quantitative estimate of drug-likeness (QED) is 0.662. The topological polar surface area (TPSA) is 134 Å². The van der Waals surface area contributed by atoms with Crippen molar-refractivity contribution in [3.05, 3.63) is 47.5 Å². The Morgan fingerprint density at radius 2 is 1.57 bits per heavy atom. The first-order chi connectivity index (χ1) is 13.2. The summed E-state index contributed by atoms with van der Waals surface area (Å²) >= 11 is 0. The van der Waals surface area contributed by atoms with Crippen LogP contribution >= 0.6 is 0 Å². The Balaban J connectivity index is 2.00. The number of benzene rings is 2. The average molecular weight is 408 g/mol. The fraction of sp³-hybridized carbons (Fsp3) is 0.222. The van der Waals surface area contributed by atoms with Gasteiger partial charge in [-0.05, 0) is 43.3 Å². The number of nitrogens with two attached hydrogens (primary N) is 1. The molecular weight excluding hydrogens is 388 g/mol. The minimum Gasteiger partial charge on any atom is -0.496 e. The third-order valence-corrected chi connectivity index (χ3v) is 4.72. The maximum absolute atomic E-state index is 12.2. The summed E-state index contributed by atoms with van der Waals surface area (Å²) in [5, 5.41) is 7.48. The van der Waals surface area contributed by atoms with Crippen LogP contribution in [-0.4, -0.2) is 41.1 Å². The molecule has 150 valence electrons. The smallest absolute Gasteiger partial charge is 0.338 e. The molecule has 10 heteroatoms. The summed E-state index contributed by atoms with van der Waals surface area (Å²) in [5.41, 5.74) is 1.22. The van der Waals surface area contributed by atoms with Crippen molar-refractivity contribution in [2.24, 2.45) is 5.14 Å². The Hall–Kier alpha value is -3.11. The van der Waals surface area contributed by atoms with Crippen LogP contribution in [0.5, 0.6) is 11.5 Å². The molecule has 0 spiro atoms. The number of esters is 1. The van der Waals surface area contributed by atoms with E-state index in [0.717, 1.165) is 5.56 Å². The summed E-state index contributed by atoms with van der Waals surface area (Å²) in [6.45, 7) is 1.25. The molecule has 1 amide bonds. The molecule has 0 bridgehead atoms. The van der Waals surface area contributed by atoms with E-state index in [4.69, 9.17) is 19.3 Å². The van der Waals surface area contributed by atoms with Crippen LogP contribution < -0.4 is 19.9 Å². The van der Waals surface area contributed by atoms with Crippen LogP contribution in [-0.2, 0) is 19.6 Å². The molecule has 28 heavy (non-hydrogen) atoms. The van der Waals surface area contributed by atoms with Gasteiger partial charge in [-0.25, -0.2) is 18.4 Å². The Bertz CT molecular complexity index is 960. The van der Waals surface area contributed by atoms with Crippen molar-refractivity contribution in [2.45, 2.75) is 11.8 Å². The Morgan fingerprint density at radius 1 is 1.04 bits per heavy atom.